The van der Waals surface area contributed by atoms with Crippen LogP contribution in [0.4, 0.5) is 5.69 Å². The Labute approximate surface area is 96.0 Å². The normalized spacial score (nSPS) is 12.1. The Morgan fingerprint density at radius 1 is 1.44 bits per heavy atom. The minimum atomic E-state index is -0.341. The van der Waals surface area contributed by atoms with Crippen LogP contribution in [0.25, 0.3) is 0 Å². The van der Waals surface area contributed by atoms with Gasteiger partial charge in [-0.25, -0.2) is 4.79 Å². The van der Waals surface area contributed by atoms with Crippen molar-refractivity contribution in [1.29, 1.82) is 0 Å². The first-order valence-electron chi connectivity index (χ1n) is 5.12. The summed E-state index contributed by atoms with van der Waals surface area (Å²) in [7, 11) is 5.26. The maximum absolute atomic E-state index is 11.4. The fourth-order valence-electron chi connectivity index (χ4n) is 1.57. The van der Waals surface area contributed by atoms with E-state index in [0.717, 1.165) is 11.3 Å². The van der Waals surface area contributed by atoms with E-state index in [-0.39, 0.29) is 12.0 Å². The fourth-order valence-corrected chi connectivity index (χ4v) is 1.57. The first-order chi connectivity index (χ1) is 7.47. The maximum Gasteiger partial charge on any atom is 0.337 e. The molecule has 1 aromatic rings. The zero-order valence-electron chi connectivity index (χ0n) is 10.2. The number of rotatable bonds is 3. The lowest BCUT2D eigenvalue weighted by molar-refractivity contribution is 0.0600. The van der Waals surface area contributed by atoms with Crippen molar-refractivity contribution in [2.24, 2.45) is 5.73 Å². The number of anilines is 1. The van der Waals surface area contributed by atoms with Gasteiger partial charge in [0.05, 0.1) is 12.7 Å². The van der Waals surface area contributed by atoms with Crippen LogP contribution in [0, 0.1) is 0 Å². The largest absolute Gasteiger partial charge is 0.465 e. The summed E-state index contributed by atoms with van der Waals surface area (Å²) in [5.41, 5.74) is 8.37. The van der Waals surface area contributed by atoms with Crippen molar-refractivity contribution in [3.63, 3.8) is 0 Å². The van der Waals surface area contributed by atoms with Crippen molar-refractivity contribution >= 4 is 11.7 Å². The molecule has 1 rings (SSSR count). The Bertz CT molecular complexity index is 387. The first kappa shape index (κ1) is 12.5. The van der Waals surface area contributed by atoms with E-state index in [1.54, 1.807) is 12.1 Å². The maximum atomic E-state index is 11.4. The van der Waals surface area contributed by atoms with E-state index in [4.69, 9.17) is 5.73 Å². The molecule has 1 atom stereocenters. The molecule has 0 bridgehead atoms. The van der Waals surface area contributed by atoms with E-state index in [0.29, 0.717) is 5.56 Å². The zero-order valence-corrected chi connectivity index (χ0v) is 10.2. The Kier molecular flexibility index (Phi) is 3.90. The molecule has 0 aliphatic heterocycles. The van der Waals surface area contributed by atoms with Gasteiger partial charge in [0, 0.05) is 25.8 Å². The standard InChI is InChI=1S/C12H18N2O2/c1-8(13)10-7-9(12(15)16-4)5-6-11(10)14(2)3/h5-8H,13H2,1-4H3/t8-/m1/s1. The Balaban J connectivity index is 3.22. The van der Waals surface area contributed by atoms with Crippen LogP contribution in [0.5, 0.6) is 0 Å². The topological polar surface area (TPSA) is 55.6 Å². The second kappa shape index (κ2) is 4.99. The van der Waals surface area contributed by atoms with Gasteiger partial charge in [-0.2, -0.15) is 0 Å². The summed E-state index contributed by atoms with van der Waals surface area (Å²) < 4.78 is 4.68. The minimum Gasteiger partial charge on any atom is -0.465 e. The van der Waals surface area contributed by atoms with Crippen LogP contribution >= 0.6 is 0 Å². The van der Waals surface area contributed by atoms with E-state index in [2.05, 4.69) is 4.74 Å². The molecular weight excluding hydrogens is 204 g/mol. The molecule has 2 N–H and O–H groups in total. The van der Waals surface area contributed by atoms with Crippen LogP contribution in [0.2, 0.25) is 0 Å². The predicted octanol–water partition coefficient (Wildman–Crippen LogP) is 1.56. The van der Waals surface area contributed by atoms with Crippen molar-refractivity contribution in [2.45, 2.75) is 13.0 Å². The number of benzene rings is 1. The smallest absolute Gasteiger partial charge is 0.337 e. The number of hydrogen-bond acceptors (Lipinski definition) is 4. The number of esters is 1. The van der Waals surface area contributed by atoms with Crippen molar-refractivity contribution in [3.8, 4) is 0 Å². The van der Waals surface area contributed by atoms with Gasteiger partial charge in [-0.1, -0.05) is 0 Å². The molecule has 0 saturated carbocycles. The van der Waals surface area contributed by atoms with Gasteiger partial charge in [-0.3, -0.25) is 0 Å². The van der Waals surface area contributed by atoms with E-state index >= 15 is 0 Å². The van der Waals surface area contributed by atoms with Gasteiger partial charge in [-0.05, 0) is 30.7 Å². The molecule has 0 heterocycles. The molecule has 16 heavy (non-hydrogen) atoms. The van der Waals surface area contributed by atoms with Gasteiger partial charge in [0.1, 0.15) is 0 Å². The number of nitrogens with two attached hydrogens (primary N) is 1. The number of methoxy groups -OCH3 is 1. The number of carbonyl (C=O) groups excluding carboxylic acids is 1. The molecule has 0 aromatic heterocycles. The van der Waals surface area contributed by atoms with Crippen LogP contribution in [-0.2, 0) is 4.74 Å². The van der Waals surface area contributed by atoms with Gasteiger partial charge in [0.25, 0.3) is 0 Å². The van der Waals surface area contributed by atoms with Crippen LogP contribution in [0.15, 0.2) is 18.2 Å². The lowest BCUT2D eigenvalue weighted by atomic mass is 10.0. The molecule has 0 aliphatic rings. The fraction of sp³-hybridized carbons (Fsp3) is 0.417. The quantitative estimate of drug-likeness (QED) is 0.788. The van der Waals surface area contributed by atoms with Crippen molar-refractivity contribution in [1.82, 2.24) is 0 Å². The van der Waals surface area contributed by atoms with Crippen LogP contribution in [-0.4, -0.2) is 27.2 Å². The molecule has 88 valence electrons. The highest BCUT2D eigenvalue weighted by atomic mass is 16.5. The van der Waals surface area contributed by atoms with Gasteiger partial charge in [0.15, 0.2) is 0 Å². The molecule has 0 saturated heterocycles. The van der Waals surface area contributed by atoms with Gasteiger partial charge in [0.2, 0.25) is 0 Å². The average Bonchev–Trinajstić information content (AvgIpc) is 2.26. The van der Waals surface area contributed by atoms with Crippen molar-refractivity contribution < 1.29 is 9.53 Å². The second-order valence-corrected chi connectivity index (χ2v) is 3.95. The highest BCUT2D eigenvalue weighted by molar-refractivity contribution is 5.90. The summed E-state index contributed by atoms with van der Waals surface area (Å²) in [6.45, 7) is 1.89. The molecule has 0 fully saturated rings. The summed E-state index contributed by atoms with van der Waals surface area (Å²) >= 11 is 0. The number of carbonyl (C=O) groups is 1. The zero-order chi connectivity index (χ0) is 12.3. The van der Waals surface area contributed by atoms with E-state index in [9.17, 15) is 4.79 Å². The molecule has 4 nitrogen and oxygen atoms in total. The van der Waals surface area contributed by atoms with E-state index in [1.807, 2.05) is 32.0 Å². The monoisotopic (exact) mass is 222 g/mol. The second-order valence-electron chi connectivity index (χ2n) is 3.95. The lowest BCUT2D eigenvalue weighted by Crippen LogP contribution is -2.16. The summed E-state index contributed by atoms with van der Waals surface area (Å²) in [5, 5.41) is 0. The lowest BCUT2D eigenvalue weighted by Gasteiger charge is -2.20. The van der Waals surface area contributed by atoms with Crippen LogP contribution in [0.3, 0.4) is 0 Å². The Morgan fingerprint density at radius 2 is 2.06 bits per heavy atom. The van der Waals surface area contributed by atoms with Crippen LogP contribution < -0.4 is 10.6 Å². The summed E-state index contributed by atoms with van der Waals surface area (Å²) in [4.78, 5) is 13.4. The van der Waals surface area contributed by atoms with Gasteiger partial charge in [-0.15, -0.1) is 0 Å². The SMILES string of the molecule is COC(=O)c1ccc(N(C)C)c([C@@H](C)N)c1. The van der Waals surface area contributed by atoms with E-state index < -0.39 is 0 Å². The minimum absolute atomic E-state index is 0.123. The Hall–Kier alpha value is -1.55. The Morgan fingerprint density at radius 3 is 2.50 bits per heavy atom. The summed E-state index contributed by atoms with van der Waals surface area (Å²) in [6, 6.07) is 5.28. The van der Waals surface area contributed by atoms with Gasteiger partial charge >= 0.3 is 5.97 Å². The highest BCUT2D eigenvalue weighted by Gasteiger charge is 2.13. The van der Waals surface area contributed by atoms with Crippen molar-refractivity contribution in [3.05, 3.63) is 29.3 Å². The third kappa shape index (κ3) is 2.52. The molecular formula is C12H18N2O2. The summed E-state index contributed by atoms with van der Waals surface area (Å²) in [5.74, 6) is -0.341. The molecule has 0 spiro atoms. The number of nitrogens with zero attached hydrogens (tertiary/aromatic N) is 1. The highest BCUT2D eigenvalue weighted by Crippen LogP contribution is 2.25. The average molecular weight is 222 g/mol. The third-order valence-electron chi connectivity index (χ3n) is 2.42. The van der Waals surface area contributed by atoms with E-state index in [1.165, 1.54) is 7.11 Å². The molecule has 0 radical (unpaired) electrons. The number of ether oxygens (including phenoxy) is 1. The van der Waals surface area contributed by atoms with Gasteiger partial charge < -0.3 is 15.4 Å². The molecule has 1 aromatic carbocycles. The first-order valence-corrected chi connectivity index (χ1v) is 5.12. The molecule has 0 aliphatic carbocycles. The third-order valence-corrected chi connectivity index (χ3v) is 2.42. The van der Waals surface area contributed by atoms with Crippen LogP contribution in [0.1, 0.15) is 28.9 Å². The molecule has 4 heteroatoms. The predicted molar refractivity (Wildman–Crippen MR) is 64.7 cm³/mol. The molecule has 0 amide bonds. The molecule has 0 unspecified atom stereocenters. The number of hydrogen-bond donors (Lipinski definition) is 1. The van der Waals surface area contributed by atoms with Crippen molar-refractivity contribution in [2.75, 3.05) is 26.1 Å². The summed E-state index contributed by atoms with van der Waals surface area (Å²) in [6.07, 6.45) is 0.